The predicted octanol–water partition coefficient (Wildman–Crippen LogP) is 5.63. The van der Waals surface area contributed by atoms with Crippen LogP contribution in [0, 0.1) is 12.8 Å². The molecular formula is C22H23N. The third-order valence-electron chi connectivity index (χ3n) is 4.34. The van der Waals surface area contributed by atoms with E-state index >= 15 is 0 Å². The maximum absolute atomic E-state index is 4.47. The fourth-order valence-corrected chi connectivity index (χ4v) is 3.07. The second-order valence-corrected chi connectivity index (χ2v) is 6.15. The van der Waals surface area contributed by atoms with Gasteiger partial charge in [0.05, 0.1) is 5.69 Å². The summed E-state index contributed by atoms with van der Waals surface area (Å²) in [7, 11) is 0. The Morgan fingerprint density at radius 2 is 1.78 bits per heavy atom. The number of hydrogen-bond donors (Lipinski definition) is 0. The van der Waals surface area contributed by atoms with Crippen LogP contribution < -0.4 is 0 Å². The minimum atomic E-state index is 0.378. The van der Waals surface area contributed by atoms with Crippen molar-refractivity contribution in [3.05, 3.63) is 89.3 Å². The van der Waals surface area contributed by atoms with Crippen molar-refractivity contribution in [2.45, 2.75) is 27.2 Å². The first-order valence-electron chi connectivity index (χ1n) is 8.30. The van der Waals surface area contributed by atoms with Crippen LogP contribution in [0.1, 0.15) is 36.2 Å². The zero-order chi connectivity index (χ0) is 16.2. The van der Waals surface area contributed by atoms with Gasteiger partial charge in [-0.15, -0.1) is 0 Å². The van der Waals surface area contributed by atoms with Gasteiger partial charge in [-0.05, 0) is 59.2 Å². The number of aromatic nitrogens is 1. The highest BCUT2D eigenvalue weighted by atomic mass is 14.7. The molecule has 2 aromatic rings. The van der Waals surface area contributed by atoms with E-state index in [-0.39, 0.29) is 0 Å². The van der Waals surface area contributed by atoms with Crippen LogP contribution in [0.25, 0.3) is 11.1 Å². The summed E-state index contributed by atoms with van der Waals surface area (Å²) in [6.45, 7) is 6.63. The number of benzene rings is 1. The molecule has 116 valence electrons. The normalized spacial score (nSPS) is 17.4. The Balaban J connectivity index is 1.93. The monoisotopic (exact) mass is 301 g/mol. The van der Waals surface area contributed by atoms with Gasteiger partial charge in [0.25, 0.3) is 0 Å². The lowest BCUT2D eigenvalue weighted by molar-refractivity contribution is 0.946. The van der Waals surface area contributed by atoms with Crippen LogP contribution in [-0.4, -0.2) is 4.98 Å². The second kappa shape index (κ2) is 6.78. The van der Waals surface area contributed by atoms with Gasteiger partial charge >= 0.3 is 0 Å². The second-order valence-electron chi connectivity index (χ2n) is 6.15. The Bertz CT molecular complexity index is 779. The Hall–Kier alpha value is -2.41. The van der Waals surface area contributed by atoms with Gasteiger partial charge in [-0.1, -0.05) is 62.4 Å². The number of rotatable bonds is 3. The van der Waals surface area contributed by atoms with Gasteiger partial charge < -0.3 is 0 Å². The zero-order valence-corrected chi connectivity index (χ0v) is 14.1. The summed E-state index contributed by atoms with van der Waals surface area (Å²) >= 11 is 0. The lowest BCUT2D eigenvalue weighted by atomic mass is 9.97. The largest absolute Gasteiger partial charge is 0.256 e. The highest BCUT2D eigenvalue weighted by Gasteiger charge is 2.09. The molecule has 1 atom stereocenters. The van der Waals surface area contributed by atoms with E-state index in [4.69, 9.17) is 0 Å². The molecule has 0 bridgehead atoms. The van der Waals surface area contributed by atoms with E-state index < -0.39 is 0 Å². The molecule has 0 amide bonds. The lowest BCUT2D eigenvalue weighted by Crippen LogP contribution is -1.91. The summed E-state index contributed by atoms with van der Waals surface area (Å²) in [6, 6.07) is 12.8. The number of pyridine rings is 1. The third kappa shape index (κ3) is 3.50. The molecule has 0 saturated heterocycles. The summed E-state index contributed by atoms with van der Waals surface area (Å²) in [5.41, 5.74) is 7.58. The van der Waals surface area contributed by atoms with Crippen LogP contribution >= 0.6 is 0 Å². The van der Waals surface area contributed by atoms with E-state index in [1.807, 2.05) is 18.3 Å². The molecular weight excluding hydrogens is 278 g/mol. The summed E-state index contributed by atoms with van der Waals surface area (Å²) < 4.78 is 0. The van der Waals surface area contributed by atoms with Crippen LogP contribution in [0.4, 0.5) is 0 Å². The van der Waals surface area contributed by atoms with Crippen molar-refractivity contribution in [1.82, 2.24) is 4.98 Å². The molecule has 0 fully saturated rings. The third-order valence-corrected chi connectivity index (χ3v) is 4.34. The zero-order valence-electron chi connectivity index (χ0n) is 14.1. The van der Waals surface area contributed by atoms with Crippen molar-refractivity contribution in [3.63, 3.8) is 0 Å². The molecule has 1 nitrogen and oxygen atoms in total. The van der Waals surface area contributed by atoms with Gasteiger partial charge in [-0.2, -0.15) is 0 Å². The van der Waals surface area contributed by atoms with E-state index in [1.165, 1.54) is 27.8 Å². The molecule has 0 N–H and O–H groups in total. The van der Waals surface area contributed by atoms with Gasteiger partial charge in [0.1, 0.15) is 0 Å². The number of aryl methyl sites for hydroxylation is 2. The van der Waals surface area contributed by atoms with Crippen molar-refractivity contribution >= 4 is 11.1 Å². The van der Waals surface area contributed by atoms with Gasteiger partial charge in [-0.3, -0.25) is 4.98 Å². The molecule has 0 saturated carbocycles. The van der Waals surface area contributed by atoms with Crippen LogP contribution in [-0.2, 0) is 6.42 Å². The molecule has 3 rings (SSSR count). The molecule has 1 heterocycles. The minimum absolute atomic E-state index is 0.378. The molecule has 0 aliphatic heterocycles. The summed E-state index contributed by atoms with van der Waals surface area (Å²) in [5.74, 6) is 0.378. The van der Waals surface area contributed by atoms with Crippen molar-refractivity contribution in [2.24, 2.45) is 5.92 Å². The fraction of sp³-hybridized carbons (Fsp3) is 0.227. The fourth-order valence-electron chi connectivity index (χ4n) is 3.07. The van der Waals surface area contributed by atoms with Crippen LogP contribution in [0.2, 0.25) is 0 Å². The SMILES string of the molecule is CCc1ccc(C2=CC(C)C=C(c3ccccn3)C=C2)cc1C. The average Bonchev–Trinajstić information content (AvgIpc) is 2.77. The maximum Gasteiger partial charge on any atom is 0.0698 e. The van der Waals surface area contributed by atoms with Gasteiger partial charge in [-0.25, -0.2) is 0 Å². The first kappa shape index (κ1) is 15.5. The average molecular weight is 301 g/mol. The quantitative estimate of drug-likeness (QED) is 0.716. The molecule has 0 spiro atoms. The summed E-state index contributed by atoms with van der Waals surface area (Å²) in [6.07, 6.45) is 11.9. The van der Waals surface area contributed by atoms with E-state index in [1.54, 1.807) is 0 Å². The van der Waals surface area contributed by atoms with Gasteiger partial charge in [0.2, 0.25) is 0 Å². The topological polar surface area (TPSA) is 12.9 Å². The first-order valence-corrected chi connectivity index (χ1v) is 8.30. The predicted molar refractivity (Wildman–Crippen MR) is 99.1 cm³/mol. The maximum atomic E-state index is 4.47. The standard InChI is InChI=1S/C22H23N/c1-4-18-8-9-20(15-17(18)3)19-10-11-21(14-16(2)13-19)22-7-5-6-12-23-22/h5-16H,4H2,1-3H3. The Morgan fingerprint density at radius 1 is 1.00 bits per heavy atom. The molecule has 1 heteroatoms. The van der Waals surface area contributed by atoms with Crippen molar-refractivity contribution in [3.8, 4) is 0 Å². The minimum Gasteiger partial charge on any atom is -0.256 e. The number of nitrogens with zero attached hydrogens (tertiary/aromatic N) is 1. The Labute approximate surface area is 139 Å². The number of hydrogen-bond acceptors (Lipinski definition) is 1. The molecule has 1 aliphatic rings. The van der Waals surface area contributed by atoms with E-state index in [0.29, 0.717) is 5.92 Å². The summed E-state index contributed by atoms with van der Waals surface area (Å²) in [4.78, 5) is 4.47. The van der Waals surface area contributed by atoms with Crippen molar-refractivity contribution in [2.75, 3.05) is 0 Å². The molecule has 1 unspecified atom stereocenters. The highest BCUT2D eigenvalue weighted by Crippen LogP contribution is 2.28. The summed E-state index contributed by atoms with van der Waals surface area (Å²) in [5, 5.41) is 0. The van der Waals surface area contributed by atoms with Crippen LogP contribution in [0.5, 0.6) is 0 Å². The highest BCUT2D eigenvalue weighted by molar-refractivity contribution is 5.83. The lowest BCUT2D eigenvalue weighted by Gasteiger charge is -2.08. The van der Waals surface area contributed by atoms with Crippen LogP contribution in [0.15, 0.2) is 66.9 Å². The molecule has 1 aliphatic carbocycles. The van der Waals surface area contributed by atoms with E-state index in [2.05, 4.69) is 74.3 Å². The first-order chi connectivity index (χ1) is 11.2. The van der Waals surface area contributed by atoms with E-state index in [9.17, 15) is 0 Å². The number of allylic oxidation sites excluding steroid dienone is 6. The van der Waals surface area contributed by atoms with Gasteiger partial charge in [0, 0.05) is 6.20 Å². The van der Waals surface area contributed by atoms with Crippen molar-refractivity contribution < 1.29 is 0 Å². The van der Waals surface area contributed by atoms with Crippen LogP contribution in [0.3, 0.4) is 0 Å². The van der Waals surface area contributed by atoms with E-state index in [0.717, 1.165) is 12.1 Å². The Kier molecular flexibility index (Phi) is 4.57. The Morgan fingerprint density at radius 3 is 2.48 bits per heavy atom. The molecule has 1 aromatic heterocycles. The molecule has 23 heavy (non-hydrogen) atoms. The smallest absolute Gasteiger partial charge is 0.0698 e. The van der Waals surface area contributed by atoms with Gasteiger partial charge in [0.15, 0.2) is 0 Å². The molecule has 1 aromatic carbocycles. The molecule has 0 radical (unpaired) electrons. The van der Waals surface area contributed by atoms with Crippen molar-refractivity contribution in [1.29, 1.82) is 0 Å².